The summed E-state index contributed by atoms with van der Waals surface area (Å²) in [6, 6.07) is 0. The molecule has 0 aromatic carbocycles. The van der Waals surface area contributed by atoms with Gasteiger partial charge in [0.15, 0.2) is 0 Å². The molecule has 4 nitrogen and oxygen atoms in total. The highest BCUT2D eigenvalue weighted by molar-refractivity contribution is 5.83. The largest absolute Gasteiger partial charge is 1.00 e. The van der Waals surface area contributed by atoms with Gasteiger partial charge in [-0.2, -0.15) is 0 Å². The number of carbonyl (C=O) groups excluding carboxylic acids is 1. The van der Waals surface area contributed by atoms with E-state index in [0.29, 0.717) is 6.42 Å². The van der Waals surface area contributed by atoms with E-state index >= 15 is 0 Å². The zero-order valence-corrected chi connectivity index (χ0v) is 47.5. The highest BCUT2D eigenvalue weighted by Gasteiger charge is 2.14. The van der Waals surface area contributed by atoms with Crippen LogP contribution in [0.1, 0.15) is 317 Å². The summed E-state index contributed by atoms with van der Waals surface area (Å²) in [7, 11) is 9.78. The third-order valence-electron chi connectivity index (χ3n) is 13.8. The van der Waals surface area contributed by atoms with Crippen LogP contribution in [-0.2, 0) is 4.79 Å². The van der Waals surface area contributed by atoms with E-state index in [2.05, 4.69) is 69.4 Å². The summed E-state index contributed by atoms with van der Waals surface area (Å²) in [6.45, 7) is 20.2. The molecule has 0 N–H and O–H groups in total. The Kier molecular flexibility index (Phi) is 63.0. The van der Waals surface area contributed by atoms with E-state index in [-0.39, 0.29) is 18.0 Å². The van der Waals surface area contributed by atoms with Gasteiger partial charge in [0.25, 0.3) is 0 Å². The average Bonchev–Trinajstić information content (AvgIpc) is 3.26. The number of hydrogen-bond donors (Lipinski definition) is 0. The third-order valence-corrected chi connectivity index (χ3v) is 13.8. The Bertz CT molecular complexity index is 798. The second-order valence-electron chi connectivity index (χ2n) is 21.8. The Morgan fingerprint density at radius 3 is 0.631 bits per heavy atom. The highest BCUT2D eigenvalue weighted by Crippen LogP contribution is 2.16. The fraction of sp³-hybridized carbons (Fsp3) is 0.950. The minimum absolute atomic E-state index is 0. The van der Waals surface area contributed by atoms with E-state index in [1.807, 2.05) is 0 Å². The van der Waals surface area contributed by atoms with Crippen molar-refractivity contribution in [1.29, 1.82) is 0 Å². The van der Waals surface area contributed by atoms with Crippen molar-refractivity contribution in [3.8, 4) is 0 Å². The number of aliphatic carboxylic acids is 1. The first-order chi connectivity index (χ1) is 30.9. The van der Waals surface area contributed by atoms with Crippen LogP contribution in [-0.4, -0.2) is 69.3 Å². The number of carboxylic acid groups (broad SMARTS) is 1. The van der Waals surface area contributed by atoms with Gasteiger partial charge in [0, 0.05) is 0 Å². The zero-order valence-electron chi connectivity index (χ0n) is 46.7. The van der Waals surface area contributed by atoms with E-state index in [9.17, 15) is 9.90 Å². The first-order valence-corrected chi connectivity index (χ1v) is 29.5. The molecular weight excluding hydrogens is 816 g/mol. The summed E-state index contributed by atoms with van der Waals surface area (Å²) < 4.78 is 2.49. The second-order valence-corrected chi connectivity index (χ2v) is 21.8. The summed E-state index contributed by atoms with van der Waals surface area (Å²) in [6.07, 6.45) is 61.6. The van der Waals surface area contributed by atoms with E-state index in [1.165, 1.54) is 292 Å². The Labute approximate surface area is 419 Å². The molecule has 0 spiro atoms. The maximum absolute atomic E-state index is 10.1. The SMILES string of the molecule is C=C(CCCCC)C(=O)[O-].CCCCCCCCCCCC[N+](C)(C)CCCCCCCCCCCC.CCCCCCCCCCCC[N+](C)(C)CCCCCCCCCCCC.[Cl-]. The monoisotopic (exact) mass is 941 g/mol. The number of carbonyl (C=O) groups is 1. The van der Waals surface area contributed by atoms with Crippen LogP contribution >= 0.6 is 0 Å². The van der Waals surface area contributed by atoms with Crippen LogP contribution in [0, 0.1) is 0 Å². The number of carboxylic acids is 1. The quantitative estimate of drug-likeness (QED) is 0.0346. The van der Waals surface area contributed by atoms with E-state index in [0.717, 1.165) is 19.3 Å². The first kappa shape index (κ1) is 71.0. The maximum atomic E-state index is 10.1. The minimum Gasteiger partial charge on any atom is -1.00 e. The van der Waals surface area contributed by atoms with Crippen molar-refractivity contribution in [1.82, 2.24) is 0 Å². The molecule has 394 valence electrons. The van der Waals surface area contributed by atoms with Crippen molar-refractivity contribution >= 4 is 5.97 Å². The van der Waals surface area contributed by atoms with Gasteiger partial charge in [-0.25, -0.2) is 0 Å². The van der Waals surface area contributed by atoms with Gasteiger partial charge in [-0.3, -0.25) is 0 Å². The minimum atomic E-state index is -1.11. The van der Waals surface area contributed by atoms with Crippen LogP contribution in [0.2, 0.25) is 0 Å². The summed E-state index contributed by atoms with van der Waals surface area (Å²) in [5.41, 5.74) is 0.216. The molecule has 0 bridgehead atoms. The van der Waals surface area contributed by atoms with E-state index in [1.54, 1.807) is 0 Å². The van der Waals surface area contributed by atoms with Crippen LogP contribution in [0.3, 0.4) is 0 Å². The van der Waals surface area contributed by atoms with Gasteiger partial charge in [-0.15, -0.1) is 0 Å². The van der Waals surface area contributed by atoms with Crippen LogP contribution in [0.25, 0.3) is 0 Å². The Hall–Kier alpha value is -0.580. The molecule has 0 heterocycles. The maximum Gasteiger partial charge on any atom is 0.0782 e. The van der Waals surface area contributed by atoms with Gasteiger partial charge in [0.1, 0.15) is 0 Å². The molecule has 0 aromatic rings. The molecule has 0 aliphatic heterocycles. The van der Waals surface area contributed by atoms with E-state index < -0.39 is 5.97 Å². The fourth-order valence-corrected chi connectivity index (χ4v) is 9.02. The molecule has 0 amide bonds. The predicted octanol–water partition coefficient (Wildman–Crippen LogP) is 15.7. The lowest BCUT2D eigenvalue weighted by molar-refractivity contribution is -0.890. The van der Waals surface area contributed by atoms with E-state index in [4.69, 9.17) is 0 Å². The number of hydrogen-bond acceptors (Lipinski definition) is 2. The topological polar surface area (TPSA) is 40.1 Å². The van der Waals surface area contributed by atoms with Crippen molar-refractivity contribution in [2.24, 2.45) is 0 Å². The Balaban J connectivity index is -0.000000467. The normalized spacial score (nSPS) is 11.4. The molecular formula is C60H125ClN2O2. The van der Waals surface area contributed by atoms with Gasteiger partial charge in [0.05, 0.1) is 60.3 Å². The number of halogens is 1. The van der Waals surface area contributed by atoms with Crippen LogP contribution < -0.4 is 17.5 Å². The van der Waals surface area contributed by atoms with Gasteiger partial charge in [0.2, 0.25) is 0 Å². The first-order valence-electron chi connectivity index (χ1n) is 29.5. The van der Waals surface area contributed by atoms with Crippen molar-refractivity contribution in [3.63, 3.8) is 0 Å². The molecule has 0 saturated carbocycles. The van der Waals surface area contributed by atoms with Crippen LogP contribution in [0.4, 0.5) is 0 Å². The van der Waals surface area contributed by atoms with Crippen molar-refractivity contribution in [2.45, 2.75) is 317 Å². The molecule has 0 rings (SSSR count). The predicted molar refractivity (Wildman–Crippen MR) is 289 cm³/mol. The smallest absolute Gasteiger partial charge is 0.0782 e. The van der Waals surface area contributed by atoms with Crippen molar-refractivity contribution in [3.05, 3.63) is 12.2 Å². The average molecular weight is 942 g/mol. The Morgan fingerprint density at radius 1 is 0.308 bits per heavy atom. The zero-order chi connectivity index (χ0) is 48.1. The standard InChI is InChI=1S/2C26H56N.C8H14O2.ClH/c2*1-5-7-9-11-13-15-17-19-21-23-25-27(3,4)26-24-22-20-18-16-14-12-10-8-6-2;1-3-4-5-6-7(2)8(9)10;/h2*5-26H2,1-4H3;2-6H2,1H3,(H,9,10);1H/q2*+1;;/p-2. The lowest BCUT2D eigenvalue weighted by atomic mass is 10.1. The number of rotatable bonds is 49. The molecule has 65 heavy (non-hydrogen) atoms. The molecule has 0 saturated heterocycles. The molecule has 0 aliphatic rings. The van der Waals surface area contributed by atoms with Gasteiger partial charge >= 0.3 is 0 Å². The van der Waals surface area contributed by atoms with Gasteiger partial charge < -0.3 is 31.3 Å². The molecule has 0 atom stereocenters. The Morgan fingerprint density at radius 2 is 0.462 bits per heavy atom. The van der Waals surface area contributed by atoms with Gasteiger partial charge in [-0.1, -0.05) is 260 Å². The highest BCUT2D eigenvalue weighted by atomic mass is 35.5. The number of quaternary nitrogens is 2. The summed E-state index contributed by atoms with van der Waals surface area (Å²) in [5, 5.41) is 10.1. The molecule has 5 heteroatoms. The van der Waals surface area contributed by atoms with Crippen LogP contribution in [0.15, 0.2) is 12.2 Å². The fourth-order valence-electron chi connectivity index (χ4n) is 9.02. The lowest BCUT2D eigenvalue weighted by Crippen LogP contribution is -3.00. The summed E-state index contributed by atoms with van der Waals surface area (Å²) >= 11 is 0. The summed E-state index contributed by atoms with van der Waals surface area (Å²) in [5.74, 6) is -1.11. The molecule has 0 fully saturated rings. The number of unbranched alkanes of at least 4 members (excludes halogenated alkanes) is 38. The molecule has 0 radical (unpaired) electrons. The molecule has 0 unspecified atom stereocenters. The van der Waals surface area contributed by atoms with Crippen molar-refractivity contribution < 1.29 is 31.3 Å². The summed E-state index contributed by atoms with van der Waals surface area (Å²) in [4.78, 5) is 10.1. The lowest BCUT2D eigenvalue weighted by Gasteiger charge is -2.30. The second kappa shape index (κ2) is 57.7. The van der Waals surface area contributed by atoms with Gasteiger partial charge in [-0.05, 0) is 69.8 Å². The molecule has 0 aromatic heterocycles. The number of nitrogens with zero attached hydrogens (tertiary/aromatic N) is 2. The van der Waals surface area contributed by atoms with Crippen LogP contribution in [0.5, 0.6) is 0 Å². The molecule has 0 aliphatic carbocycles. The van der Waals surface area contributed by atoms with Crippen molar-refractivity contribution in [2.75, 3.05) is 54.4 Å². The third kappa shape index (κ3) is 65.5.